The fourth-order valence-corrected chi connectivity index (χ4v) is 2.89. The predicted molar refractivity (Wildman–Crippen MR) is 120 cm³/mol. The highest BCUT2D eigenvalue weighted by atomic mass is 32.1. The number of carbonyl (C=O) groups is 1. The summed E-state index contributed by atoms with van der Waals surface area (Å²) in [5, 5.41) is 4.33. The molecule has 5 N–H and O–H groups in total. The van der Waals surface area contributed by atoms with Crippen molar-refractivity contribution in [2.45, 2.75) is 58.8 Å². The van der Waals surface area contributed by atoms with E-state index in [1.54, 1.807) is 0 Å². The van der Waals surface area contributed by atoms with Crippen molar-refractivity contribution in [1.29, 1.82) is 0 Å². The summed E-state index contributed by atoms with van der Waals surface area (Å²) in [5.74, 6) is 6.48. The standard InChI is InChI=1S/C21H36N4O2S/c1-17(2)8-4-3-6-14-24-20(26)16-27-15-7-5-9-18-10-12-19(13-11-18)25(23)21(22)28/h10-13,17H,3-9,14-16,23H2,1-2H3,(H2,22,28)(H,24,26). The molecule has 0 fully saturated rings. The van der Waals surface area contributed by atoms with Crippen LogP contribution in [0.3, 0.4) is 0 Å². The Morgan fingerprint density at radius 2 is 1.86 bits per heavy atom. The van der Waals surface area contributed by atoms with Gasteiger partial charge in [-0.2, -0.15) is 0 Å². The molecule has 0 saturated carbocycles. The van der Waals surface area contributed by atoms with Crippen LogP contribution >= 0.6 is 12.2 Å². The summed E-state index contributed by atoms with van der Waals surface area (Å²) in [6.45, 7) is 5.96. The van der Waals surface area contributed by atoms with E-state index >= 15 is 0 Å². The Morgan fingerprint density at radius 3 is 2.50 bits per heavy atom. The number of rotatable bonds is 14. The van der Waals surface area contributed by atoms with Gasteiger partial charge in [-0.1, -0.05) is 45.2 Å². The Balaban J connectivity index is 2.02. The van der Waals surface area contributed by atoms with Gasteiger partial charge in [0.25, 0.3) is 0 Å². The molecule has 0 spiro atoms. The number of ether oxygens (including phenoxy) is 1. The Labute approximate surface area is 174 Å². The summed E-state index contributed by atoms with van der Waals surface area (Å²) >= 11 is 4.85. The average molecular weight is 409 g/mol. The second-order valence-corrected chi connectivity index (χ2v) is 7.90. The van der Waals surface area contributed by atoms with Crippen LogP contribution in [0.5, 0.6) is 0 Å². The second-order valence-electron chi connectivity index (χ2n) is 7.48. The Bertz CT molecular complexity index is 578. The van der Waals surface area contributed by atoms with Crippen LogP contribution in [0.4, 0.5) is 5.69 Å². The van der Waals surface area contributed by atoms with E-state index in [1.807, 2.05) is 24.3 Å². The first-order valence-corrected chi connectivity index (χ1v) is 10.6. The molecular formula is C21H36N4O2S. The van der Waals surface area contributed by atoms with E-state index in [-0.39, 0.29) is 17.6 Å². The number of unbranched alkanes of at least 4 members (excludes halogenated alkanes) is 3. The number of anilines is 1. The summed E-state index contributed by atoms with van der Waals surface area (Å²) in [6.07, 6.45) is 7.56. The van der Waals surface area contributed by atoms with Gasteiger partial charge in [0.05, 0.1) is 5.69 Å². The zero-order valence-corrected chi connectivity index (χ0v) is 18.1. The Kier molecular flexibility index (Phi) is 12.4. The molecule has 1 aromatic rings. The Morgan fingerprint density at radius 1 is 1.14 bits per heavy atom. The summed E-state index contributed by atoms with van der Waals surface area (Å²) in [5.41, 5.74) is 7.49. The lowest BCUT2D eigenvalue weighted by atomic mass is 10.1. The first kappa shape index (κ1) is 24.3. The van der Waals surface area contributed by atoms with Gasteiger partial charge in [0.2, 0.25) is 5.91 Å². The van der Waals surface area contributed by atoms with Crippen LogP contribution in [0.2, 0.25) is 0 Å². The third-order valence-electron chi connectivity index (χ3n) is 4.47. The van der Waals surface area contributed by atoms with Crippen molar-refractivity contribution >= 4 is 28.9 Å². The SMILES string of the molecule is CC(C)CCCCCNC(=O)COCCCCc1ccc(N(N)C(N)=S)cc1. The van der Waals surface area contributed by atoms with Crippen molar-refractivity contribution in [2.75, 3.05) is 24.8 Å². The largest absolute Gasteiger partial charge is 0.375 e. The minimum Gasteiger partial charge on any atom is -0.375 e. The van der Waals surface area contributed by atoms with Crippen LogP contribution in [-0.4, -0.2) is 30.8 Å². The van der Waals surface area contributed by atoms with Gasteiger partial charge in [-0.15, -0.1) is 0 Å². The molecule has 0 saturated heterocycles. The topological polar surface area (TPSA) is 93.6 Å². The van der Waals surface area contributed by atoms with Gasteiger partial charge in [-0.25, -0.2) is 5.84 Å². The smallest absolute Gasteiger partial charge is 0.245 e. The molecule has 0 atom stereocenters. The van der Waals surface area contributed by atoms with E-state index in [2.05, 4.69) is 19.2 Å². The van der Waals surface area contributed by atoms with Crippen molar-refractivity contribution in [3.63, 3.8) is 0 Å². The number of hydrogen-bond donors (Lipinski definition) is 3. The molecule has 0 unspecified atom stereocenters. The van der Waals surface area contributed by atoms with Gasteiger partial charge in [-0.05, 0) is 61.5 Å². The van der Waals surface area contributed by atoms with Crippen molar-refractivity contribution in [2.24, 2.45) is 17.5 Å². The molecule has 1 aromatic carbocycles. The molecule has 1 rings (SSSR count). The van der Waals surface area contributed by atoms with Crippen molar-refractivity contribution in [3.8, 4) is 0 Å². The molecule has 7 heteroatoms. The number of thiocarbonyl (C=S) groups is 1. The molecule has 0 aliphatic heterocycles. The molecule has 0 radical (unpaired) electrons. The third kappa shape index (κ3) is 11.2. The van der Waals surface area contributed by atoms with Gasteiger partial charge in [0.1, 0.15) is 6.61 Å². The number of nitrogens with two attached hydrogens (primary N) is 2. The number of hydrogen-bond acceptors (Lipinski definition) is 4. The number of nitrogens with zero attached hydrogens (tertiary/aromatic N) is 1. The minimum absolute atomic E-state index is 0.0244. The zero-order chi connectivity index (χ0) is 20.8. The van der Waals surface area contributed by atoms with E-state index in [1.165, 1.54) is 29.8 Å². The highest BCUT2D eigenvalue weighted by Crippen LogP contribution is 2.14. The van der Waals surface area contributed by atoms with E-state index in [0.29, 0.717) is 6.61 Å². The van der Waals surface area contributed by atoms with Gasteiger partial charge < -0.3 is 15.8 Å². The van der Waals surface area contributed by atoms with Crippen LogP contribution in [0, 0.1) is 5.92 Å². The number of hydrazine groups is 1. The molecular weight excluding hydrogens is 372 g/mol. The fraction of sp³-hybridized carbons (Fsp3) is 0.619. The van der Waals surface area contributed by atoms with E-state index in [4.69, 9.17) is 28.5 Å². The molecule has 0 bridgehead atoms. The average Bonchev–Trinajstić information content (AvgIpc) is 2.66. The number of benzene rings is 1. The second kappa shape index (κ2) is 14.3. The molecule has 0 heterocycles. The van der Waals surface area contributed by atoms with Crippen LogP contribution in [0.1, 0.15) is 57.9 Å². The predicted octanol–water partition coefficient (Wildman–Crippen LogP) is 3.28. The molecule has 158 valence electrons. The summed E-state index contributed by atoms with van der Waals surface area (Å²) in [4.78, 5) is 11.7. The number of amides is 1. The highest BCUT2D eigenvalue weighted by molar-refractivity contribution is 7.80. The maximum atomic E-state index is 11.7. The number of aryl methyl sites for hydroxylation is 1. The molecule has 0 aliphatic carbocycles. The summed E-state index contributed by atoms with van der Waals surface area (Å²) in [6, 6.07) is 7.84. The minimum atomic E-state index is -0.0244. The summed E-state index contributed by atoms with van der Waals surface area (Å²) in [7, 11) is 0. The first-order valence-electron chi connectivity index (χ1n) is 10.2. The molecule has 0 aliphatic rings. The van der Waals surface area contributed by atoms with Gasteiger partial charge in [-0.3, -0.25) is 9.80 Å². The van der Waals surface area contributed by atoms with E-state index < -0.39 is 0 Å². The lowest BCUT2D eigenvalue weighted by Gasteiger charge is -2.16. The van der Waals surface area contributed by atoms with Crippen LogP contribution in [-0.2, 0) is 16.0 Å². The molecule has 1 amide bonds. The maximum Gasteiger partial charge on any atom is 0.245 e. The lowest BCUT2D eigenvalue weighted by molar-refractivity contribution is -0.125. The van der Waals surface area contributed by atoms with Gasteiger partial charge >= 0.3 is 0 Å². The molecule has 28 heavy (non-hydrogen) atoms. The maximum absolute atomic E-state index is 11.7. The zero-order valence-electron chi connectivity index (χ0n) is 17.3. The first-order chi connectivity index (χ1) is 13.4. The Hall–Kier alpha value is -1.70. The molecule has 6 nitrogen and oxygen atoms in total. The molecule has 0 aromatic heterocycles. The lowest BCUT2D eigenvalue weighted by Crippen LogP contribution is -2.41. The summed E-state index contributed by atoms with van der Waals surface area (Å²) < 4.78 is 5.46. The van der Waals surface area contributed by atoms with E-state index in [9.17, 15) is 4.79 Å². The van der Waals surface area contributed by atoms with Crippen LogP contribution in [0.15, 0.2) is 24.3 Å². The fourth-order valence-electron chi connectivity index (χ4n) is 2.78. The number of carbonyl (C=O) groups excluding carboxylic acids is 1. The van der Waals surface area contributed by atoms with Crippen molar-refractivity contribution in [1.82, 2.24) is 5.32 Å². The van der Waals surface area contributed by atoms with Crippen molar-refractivity contribution < 1.29 is 9.53 Å². The van der Waals surface area contributed by atoms with Gasteiger partial charge in [0.15, 0.2) is 5.11 Å². The quantitative estimate of drug-likeness (QED) is 0.189. The number of nitrogens with one attached hydrogen (secondary N) is 1. The normalized spacial score (nSPS) is 10.9. The van der Waals surface area contributed by atoms with Crippen LogP contribution < -0.4 is 21.9 Å². The van der Waals surface area contributed by atoms with Crippen LogP contribution in [0.25, 0.3) is 0 Å². The van der Waals surface area contributed by atoms with E-state index in [0.717, 1.165) is 43.8 Å². The monoisotopic (exact) mass is 408 g/mol. The third-order valence-corrected chi connectivity index (χ3v) is 4.67. The highest BCUT2D eigenvalue weighted by Gasteiger charge is 2.04. The van der Waals surface area contributed by atoms with Gasteiger partial charge in [0, 0.05) is 13.2 Å². The van der Waals surface area contributed by atoms with Crippen molar-refractivity contribution in [3.05, 3.63) is 29.8 Å².